The molecule has 30 heavy (non-hydrogen) atoms. The highest BCUT2D eigenvalue weighted by molar-refractivity contribution is 9.10. The van der Waals surface area contributed by atoms with Crippen molar-refractivity contribution in [2.45, 2.75) is 19.4 Å². The quantitative estimate of drug-likeness (QED) is 0.384. The average Bonchev–Trinajstić information content (AvgIpc) is 3.32. The van der Waals surface area contributed by atoms with Gasteiger partial charge in [0.15, 0.2) is 6.61 Å². The first-order valence-electron chi connectivity index (χ1n) is 9.22. The maximum Gasteiger partial charge on any atom is 0.306 e. The molecule has 0 unspecified atom stereocenters. The van der Waals surface area contributed by atoms with Crippen molar-refractivity contribution in [3.63, 3.8) is 0 Å². The van der Waals surface area contributed by atoms with E-state index in [0.717, 1.165) is 14.9 Å². The number of hydrogen-bond donors (Lipinski definition) is 0. The summed E-state index contributed by atoms with van der Waals surface area (Å²) in [5.74, 6) is -0.578. The van der Waals surface area contributed by atoms with Crippen molar-refractivity contribution < 1.29 is 23.6 Å². The molecule has 4 rings (SSSR count). The highest BCUT2D eigenvalue weighted by atomic mass is 79.9. The standard InChI is InChI=1S/C21H16BrN3O5/c22-14-6-3-5-13(11-14)19-23-17(30-24-19)12-29-18(26)9-4-10-25-20(27)15-7-1-2-8-16(15)21(25)28/h1-3,5-8,11H,4,9-10,12H2. The van der Waals surface area contributed by atoms with Crippen LogP contribution in [-0.4, -0.2) is 39.4 Å². The van der Waals surface area contributed by atoms with Crippen LogP contribution in [0.15, 0.2) is 57.5 Å². The molecule has 0 saturated heterocycles. The molecule has 2 aromatic carbocycles. The molecule has 2 heterocycles. The molecule has 152 valence electrons. The summed E-state index contributed by atoms with van der Waals surface area (Å²) in [6.45, 7) is 0.00188. The number of carbonyl (C=O) groups is 3. The van der Waals surface area contributed by atoms with Crippen LogP contribution in [0, 0.1) is 0 Å². The molecule has 0 fully saturated rings. The van der Waals surface area contributed by atoms with Crippen molar-refractivity contribution in [2.24, 2.45) is 0 Å². The molecule has 0 bridgehead atoms. The second-order valence-corrected chi connectivity index (χ2v) is 7.51. The van der Waals surface area contributed by atoms with Crippen molar-refractivity contribution in [2.75, 3.05) is 6.54 Å². The SMILES string of the molecule is O=C(CCCN1C(=O)c2ccccc2C1=O)OCc1nc(-c2cccc(Br)c2)no1. The number of rotatable bonds is 7. The predicted molar refractivity (Wildman–Crippen MR) is 108 cm³/mol. The van der Waals surface area contributed by atoms with Gasteiger partial charge in [0.05, 0.1) is 11.1 Å². The van der Waals surface area contributed by atoms with E-state index in [2.05, 4.69) is 26.1 Å². The Hall–Kier alpha value is -3.33. The van der Waals surface area contributed by atoms with Crippen LogP contribution in [0.3, 0.4) is 0 Å². The number of benzene rings is 2. The third-order valence-corrected chi connectivity index (χ3v) is 5.04. The second-order valence-electron chi connectivity index (χ2n) is 6.59. The Labute approximate surface area is 180 Å². The number of esters is 1. The van der Waals surface area contributed by atoms with Gasteiger partial charge in [-0.15, -0.1) is 0 Å². The fourth-order valence-corrected chi connectivity index (χ4v) is 3.50. The molecule has 0 spiro atoms. The predicted octanol–water partition coefficient (Wildman–Crippen LogP) is 3.62. The van der Waals surface area contributed by atoms with Crippen LogP contribution in [0.4, 0.5) is 0 Å². The molecule has 1 aromatic heterocycles. The fraction of sp³-hybridized carbons (Fsp3) is 0.190. The van der Waals surface area contributed by atoms with Crippen molar-refractivity contribution in [1.29, 1.82) is 0 Å². The van der Waals surface area contributed by atoms with Crippen LogP contribution < -0.4 is 0 Å². The molecule has 2 amide bonds. The van der Waals surface area contributed by atoms with E-state index in [4.69, 9.17) is 9.26 Å². The summed E-state index contributed by atoms with van der Waals surface area (Å²) in [5, 5.41) is 3.88. The lowest BCUT2D eigenvalue weighted by Gasteiger charge is -2.13. The maximum atomic E-state index is 12.3. The summed E-state index contributed by atoms with van der Waals surface area (Å²) in [6, 6.07) is 14.1. The second kappa shape index (κ2) is 8.58. The average molecular weight is 470 g/mol. The fourth-order valence-electron chi connectivity index (χ4n) is 3.10. The van der Waals surface area contributed by atoms with Gasteiger partial charge in [-0.3, -0.25) is 19.3 Å². The van der Waals surface area contributed by atoms with Crippen LogP contribution >= 0.6 is 15.9 Å². The smallest absolute Gasteiger partial charge is 0.306 e. The Morgan fingerprint density at radius 1 is 1.07 bits per heavy atom. The van der Waals surface area contributed by atoms with E-state index in [1.807, 2.05) is 24.3 Å². The summed E-state index contributed by atoms with van der Waals surface area (Å²) in [6.07, 6.45) is 0.359. The van der Waals surface area contributed by atoms with Crippen LogP contribution in [0.5, 0.6) is 0 Å². The van der Waals surface area contributed by atoms with Gasteiger partial charge in [0.1, 0.15) is 0 Å². The van der Waals surface area contributed by atoms with Crippen LogP contribution in [-0.2, 0) is 16.1 Å². The van der Waals surface area contributed by atoms with Gasteiger partial charge in [-0.25, -0.2) is 0 Å². The number of hydrogen-bond acceptors (Lipinski definition) is 7. The first kappa shape index (κ1) is 20.0. The first-order valence-corrected chi connectivity index (χ1v) is 10.0. The van der Waals surface area contributed by atoms with E-state index in [1.165, 1.54) is 0 Å². The van der Waals surface area contributed by atoms with Crippen LogP contribution in [0.25, 0.3) is 11.4 Å². The van der Waals surface area contributed by atoms with Crippen molar-refractivity contribution in [3.05, 3.63) is 70.0 Å². The number of ether oxygens (including phenoxy) is 1. The van der Waals surface area contributed by atoms with E-state index < -0.39 is 5.97 Å². The summed E-state index contributed by atoms with van der Waals surface area (Å²) in [7, 11) is 0. The van der Waals surface area contributed by atoms with E-state index in [-0.39, 0.29) is 37.3 Å². The minimum Gasteiger partial charge on any atom is -0.456 e. The van der Waals surface area contributed by atoms with Crippen molar-refractivity contribution >= 4 is 33.7 Å². The summed E-state index contributed by atoms with van der Waals surface area (Å²) < 4.78 is 11.1. The first-order chi connectivity index (χ1) is 14.5. The largest absolute Gasteiger partial charge is 0.456 e. The van der Waals surface area contributed by atoms with Crippen molar-refractivity contribution in [3.8, 4) is 11.4 Å². The van der Waals surface area contributed by atoms with E-state index in [1.54, 1.807) is 24.3 Å². The Balaban J connectivity index is 1.25. The number of halogens is 1. The molecular weight excluding hydrogens is 454 g/mol. The number of aromatic nitrogens is 2. The van der Waals surface area contributed by atoms with Gasteiger partial charge >= 0.3 is 5.97 Å². The third-order valence-electron chi connectivity index (χ3n) is 4.55. The number of nitrogens with zero attached hydrogens (tertiary/aromatic N) is 3. The van der Waals surface area contributed by atoms with Crippen molar-refractivity contribution in [1.82, 2.24) is 15.0 Å². The molecule has 0 N–H and O–H groups in total. The molecule has 1 aliphatic heterocycles. The van der Waals surface area contributed by atoms with E-state index >= 15 is 0 Å². The number of imide groups is 1. The Morgan fingerprint density at radius 3 is 2.50 bits per heavy atom. The van der Waals surface area contributed by atoms with Gasteiger partial charge < -0.3 is 9.26 Å². The van der Waals surface area contributed by atoms with Gasteiger partial charge in [0, 0.05) is 23.0 Å². The van der Waals surface area contributed by atoms with Gasteiger partial charge in [-0.2, -0.15) is 4.98 Å². The molecule has 8 nitrogen and oxygen atoms in total. The molecule has 0 saturated carbocycles. The zero-order valence-corrected chi connectivity index (χ0v) is 17.3. The van der Waals surface area contributed by atoms with Crippen LogP contribution in [0.2, 0.25) is 0 Å². The molecule has 3 aromatic rings. The topological polar surface area (TPSA) is 103 Å². The molecule has 1 aliphatic rings. The summed E-state index contributed by atoms with van der Waals surface area (Å²) >= 11 is 3.38. The highest BCUT2D eigenvalue weighted by Gasteiger charge is 2.34. The molecule has 0 atom stereocenters. The Bertz CT molecular complexity index is 1090. The Morgan fingerprint density at radius 2 is 1.80 bits per heavy atom. The number of carbonyl (C=O) groups excluding carboxylic acids is 3. The summed E-state index contributed by atoms with van der Waals surface area (Å²) in [4.78, 5) is 41.9. The number of fused-ring (bicyclic) bond motifs is 1. The van der Waals surface area contributed by atoms with Gasteiger partial charge in [0.25, 0.3) is 17.7 Å². The van der Waals surface area contributed by atoms with E-state index in [9.17, 15) is 14.4 Å². The maximum absolute atomic E-state index is 12.3. The minimum atomic E-state index is -0.478. The molecule has 9 heteroatoms. The normalized spacial score (nSPS) is 12.9. The summed E-state index contributed by atoms with van der Waals surface area (Å²) in [5.41, 5.74) is 1.55. The number of amides is 2. The molecular formula is C21H16BrN3O5. The lowest BCUT2D eigenvalue weighted by atomic mass is 10.1. The monoisotopic (exact) mass is 469 g/mol. The highest BCUT2D eigenvalue weighted by Crippen LogP contribution is 2.23. The lowest BCUT2D eigenvalue weighted by Crippen LogP contribution is -2.31. The minimum absolute atomic E-state index is 0.0556. The van der Waals surface area contributed by atoms with Crippen LogP contribution in [0.1, 0.15) is 39.4 Å². The van der Waals surface area contributed by atoms with Gasteiger partial charge in [-0.1, -0.05) is 45.4 Å². The molecule has 0 radical (unpaired) electrons. The van der Waals surface area contributed by atoms with Gasteiger partial charge in [-0.05, 0) is 30.7 Å². The third kappa shape index (κ3) is 4.16. The molecule has 0 aliphatic carbocycles. The Kier molecular flexibility index (Phi) is 5.71. The zero-order valence-electron chi connectivity index (χ0n) is 15.7. The van der Waals surface area contributed by atoms with E-state index in [0.29, 0.717) is 23.4 Å². The zero-order chi connectivity index (χ0) is 21.1. The van der Waals surface area contributed by atoms with Gasteiger partial charge in [0.2, 0.25) is 5.82 Å². The lowest BCUT2D eigenvalue weighted by molar-refractivity contribution is -0.145.